The summed E-state index contributed by atoms with van der Waals surface area (Å²) >= 11 is 0. The number of anilines is 1. The Kier molecular flexibility index (Phi) is 3.87. The van der Waals surface area contributed by atoms with Crippen LogP contribution in [0, 0.1) is 19.8 Å². The number of hydrogen-bond donors (Lipinski definition) is 2. The maximum absolute atomic E-state index is 12.5. The molecule has 19 heavy (non-hydrogen) atoms. The zero-order valence-corrected chi connectivity index (χ0v) is 12.5. The standard InChI is InChI=1S/C14H22N2O2S/c1-9-4-6-12(8-9)16-19(17,18)14-11(3)10(2)5-7-13(14)15/h5,7,9,12,16H,4,6,8,15H2,1-3H3. The van der Waals surface area contributed by atoms with Crippen LogP contribution in [0.5, 0.6) is 0 Å². The van der Waals surface area contributed by atoms with Gasteiger partial charge < -0.3 is 5.73 Å². The highest BCUT2D eigenvalue weighted by atomic mass is 32.2. The fourth-order valence-corrected chi connectivity index (χ4v) is 4.47. The highest BCUT2D eigenvalue weighted by Gasteiger charge is 2.28. The van der Waals surface area contributed by atoms with Crippen molar-refractivity contribution >= 4 is 15.7 Å². The summed E-state index contributed by atoms with van der Waals surface area (Å²) in [6.45, 7) is 5.85. The molecule has 0 amide bonds. The number of aryl methyl sites for hydroxylation is 1. The fraction of sp³-hybridized carbons (Fsp3) is 0.571. The number of nitrogens with two attached hydrogens (primary N) is 1. The van der Waals surface area contributed by atoms with Crippen molar-refractivity contribution in [3.05, 3.63) is 23.3 Å². The number of hydrogen-bond acceptors (Lipinski definition) is 3. The molecule has 1 aromatic rings. The summed E-state index contributed by atoms with van der Waals surface area (Å²) < 4.78 is 27.8. The van der Waals surface area contributed by atoms with Crippen molar-refractivity contribution in [2.75, 3.05) is 5.73 Å². The van der Waals surface area contributed by atoms with Gasteiger partial charge in [0.25, 0.3) is 0 Å². The molecular weight excluding hydrogens is 260 g/mol. The summed E-state index contributed by atoms with van der Waals surface area (Å²) in [4.78, 5) is 0.243. The molecule has 5 heteroatoms. The molecule has 0 radical (unpaired) electrons. The Morgan fingerprint density at radius 1 is 1.26 bits per heavy atom. The Labute approximate surface area is 115 Å². The number of rotatable bonds is 3. The molecule has 1 saturated carbocycles. The summed E-state index contributed by atoms with van der Waals surface area (Å²) in [5, 5.41) is 0. The lowest BCUT2D eigenvalue weighted by Crippen LogP contribution is -2.34. The monoisotopic (exact) mass is 282 g/mol. The van der Waals surface area contributed by atoms with Gasteiger partial charge in [0.05, 0.1) is 5.69 Å². The third kappa shape index (κ3) is 2.92. The molecule has 1 aliphatic rings. The lowest BCUT2D eigenvalue weighted by atomic mass is 10.1. The summed E-state index contributed by atoms with van der Waals surface area (Å²) in [6, 6.07) is 3.55. The van der Waals surface area contributed by atoms with E-state index >= 15 is 0 Å². The van der Waals surface area contributed by atoms with Gasteiger partial charge in [0.2, 0.25) is 10.0 Å². The van der Waals surface area contributed by atoms with Crippen molar-refractivity contribution in [1.82, 2.24) is 4.72 Å². The average Bonchev–Trinajstić information content (AvgIpc) is 2.68. The van der Waals surface area contributed by atoms with Crippen molar-refractivity contribution in [3.8, 4) is 0 Å². The topological polar surface area (TPSA) is 72.2 Å². The van der Waals surface area contributed by atoms with E-state index in [-0.39, 0.29) is 10.9 Å². The molecule has 2 rings (SSSR count). The van der Waals surface area contributed by atoms with Gasteiger partial charge in [0.15, 0.2) is 0 Å². The van der Waals surface area contributed by atoms with Gasteiger partial charge in [-0.3, -0.25) is 0 Å². The minimum absolute atomic E-state index is 0.0410. The fourth-order valence-electron chi connectivity index (χ4n) is 2.76. The van der Waals surface area contributed by atoms with E-state index in [9.17, 15) is 8.42 Å². The first kappa shape index (κ1) is 14.3. The van der Waals surface area contributed by atoms with Gasteiger partial charge in [-0.15, -0.1) is 0 Å². The second kappa shape index (κ2) is 5.13. The molecule has 0 bridgehead atoms. The predicted molar refractivity (Wildman–Crippen MR) is 77.5 cm³/mol. The van der Waals surface area contributed by atoms with Crippen LogP contribution in [-0.4, -0.2) is 14.5 Å². The Bertz CT molecular complexity index is 581. The van der Waals surface area contributed by atoms with Gasteiger partial charge in [-0.05, 0) is 56.2 Å². The largest absolute Gasteiger partial charge is 0.398 e. The second-order valence-corrected chi connectivity index (χ2v) is 7.31. The van der Waals surface area contributed by atoms with Crippen LogP contribution in [0.3, 0.4) is 0 Å². The zero-order valence-electron chi connectivity index (χ0n) is 11.7. The van der Waals surface area contributed by atoms with Gasteiger partial charge >= 0.3 is 0 Å². The lowest BCUT2D eigenvalue weighted by Gasteiger charge is -2.17. The molecule has 1 aliphatic carbocycles. The third-order valence-electron chi connectivity index (χ3n) is 3.99. The van der Waals surface area contributed by atoms with Crippen molar-refractivity contribution in [2.24, 2.45) is 5.92 Å². The van der Waals surface area contributed by atoms with E-state index in [1.807, 2.05) is 13.0 Å². The van der Waals surface area contributed by atoms with Crippen LogP contribution in [0.4, 0.5) is 5.69 Å². The summed E-state index contributed by atoms with van der Waals surface area (Å²) in [5.41, 5.74) is 7.85. The molecule has 0 aliphatic heterocycles. The van der Waals surface area contributed by atoms with E-state index in [0.717, 1.165) is 30.4 Å². The van der Waals surface area contributed by atoms with Gasteiger partial charge in [0.1, 0.15) is 4.90 Å². The Morgan fingerprint density at radius 2 is 1.95 bits per heavy atom. The van der Waals surface area contributed by atoms with Gasteiger partial charge in [0, 0.05) is 6.04 Å². The van der Waals surface area contributed by atoms with E-state index in [0.29, 0.717) is 11.6 Å². The molecule has 0 saturated heterocycles. The molecule has 0 heterocycles. The Morgan fingerprint density at radius 3 is 2.53 bits per heavy atom. The SMILES string of the molecule is Cc1ccc(N)c(S(=O)(=O)NC2CCC(C)C2)c1C. The van der Waals surface area contributed by atoms with Crippen LogP contribution < -0.4 is 10.5 Å². The molecule has 4 nitrogen and oxygen atoms in total. The van der Waals surface area contributed by atoms with Crippen molar-refractivity contribution in [1.29, 1.82) is 0 Å². The second-order valence-electron chi connectivity index (χ2n) is 5.66. The highest BCUT2D eigenvalue weighted by molar-refractivity contribution is 7.89. The lowest BCUT2D eigenvalue weighted by molar-refractivity contribution is 0.538. The molecule has 3 N–H and O–H groups in total. The zero-order chi connectivity index (χ0) is 14.2. The van der Waals surface area contributed by atoms with E-state index in [4.69, 9.17) is 5.73 Å². The summed E-state index contributed by atoms with van der Waals surface area (Å²) in [5.74, 6) is 0.587. The first-order valence-corrected chi connectivity index (χ1v) is 8.17. The first-order chi connectivity index (χ1) is 8.81. The number of sulfonamides is 1. The smallest absolute Gasteiger partial charge is 0.243 e. The molecule has 0 spiro atoms. The van der Waals surface area contributed by atoms with Gasteiger partial charge in [-0.2, -0.15) is 0 Å². The van der Waals surface area contributed by atoms with E-state index < -0.39 is 10.0 Å². The summed E-state index contributed by atoms with van der Waals surface area (Å²) in [6.07, 6.45) is 2.89. The average molecular weight is 282 g/mol. The van der Waals surface area contributed by atoms with Crippen LogP contribution in [0.25, 0.3) is 0 Å². The molecular formula is C14H22N2O2S. The first-order valence-electron chi connectivity index (χ1n) is 6.69. The maximum Gasteiger partial charge on any atom is 0.243 e. The predicted octanol–water partition coefficient (Wildman–Crippen LogP) is 2.35. The highest BCUT2D eigenvalue weighted by Crippen LogP contribution is 2.29. The molecule has 1 aromatic carbocycles. The number of nitrogen functional groups attached to an aromatic ring is 1. The minimum atomic E-state index is -3.53. The Balaban J connectivity index is 2.32. The van der Waals surface area contributed by atoms with E-state index in [1.54, 1.807) is 13.0 Å². The molecule has 2 atom stereocenters. The third-order valence-corrected chi connectivity index (χ3v) is 5.72. The number of nitrogens with one attached hydrogen (secondary N) is 1. The summed E-state index contributed by atoms with van der Waals surface area (Å²) in [7, 11) is -3.53. The maximum atomic E-state index is 12.5. The van der Waals surface area contributed by atoms with Crippen LogP contribution in [0.2, 0.25) is 0 Å². The molecule has 1 fully saturated rings. The van der Waals surface area contributed by atoms with Crippen LogP contribution in [-0.2, 0) is 10.0 Å². The van der Waals surface area contributed by atoms with Crippen LogP contribution >= 0.6 is 0 Å². The molecule has 2 unspecified atom stereocenters. The molecule has 0 aromatic heterocycles. The van der Waals surface area contributed by atoms with Gasteiger partial charge in [-0.1, -0.05) is 13.0 Å². The van der Waals surface area contributed by atoms with E-state index in [2.05, 4.69) is 11.6 Å². The van der Waals surface area contributed by atoms with Crippen molar-refractivity contribution < 1.29 is 8.42 Å². The molecule has 106 valence electrons. The Hall–Kier alpha value is -1.07. The van der Waals surface area contributed by atoms with Crippen molar-refractivity contribution in [2.45, 2.75) is 51.0 Å². The van der Waals surface area contributed by atoms with Crippen LogP contribution in [0.15, 0.2) is 17.0 Å². The van der Waals surface area contributed by atoms with E-state index in [1.165, 1.54) is 0 Å². The van der Waals surface area contributed by atoms with Crippen LogP contribution in [0.1, 0.15) is 37.3 Å². The quantitative estimate of drug-likeness (QED) is 0.836. The number of benzene rings is 1. The minimum Gasteiger partial charge on any atom is -0.398 e. The normalized spacial score (nSPS) is 23.7. The van der Waals surface area contributed by atoms with Gasteiger partial charge in [-0.25, -0.2) is 13.1 Å². The van der Waals surface area contributed by atoms with Crippen molar-refractivity contribution in [3.63, 3.8) is 0 Å².